The number of piperidine rings is 1. The van der Waals surface area contributed by atoms with E-state index in [2.05, 4.69) is 6.92 Å². The Bertz CT molecular complexity index is 1850. The van der Waals surface area contributed by atoms with Crippen LogP contribution < -0.4 is 14.4 Å². The van der Waals surface area contributed by atoms with Crippen molar-refractivity contribution in [1.82, 2.24) is 4.90 Å². The number of rotatable bonds is 6. The number of Topliss-reactive ketones (excluding diaryl/α,β-unsaturated/α-hetero) is 1. The first-order valence-corrected chi connectivity index (χ1v) is 15.6. The predicted molar refractivity (Wildman–Crippen MR) is 171 cm³/mol. The second kappa shape index (κ2) is 11.6. The maximum Gasteiger partial charge on any atom is 0.254 e. The van der Waals surface area contributed by atoms with Gasteiger partial charge in [-0.1, -0.05) is 55.5 Å². The van der Waals surface area contributed by atoms with Gasteiger partial charge in [0.2, 0.25) is 5.91 Å². The van der Waals surface area contributed by atoms with E-state index in [0.29, 0.717) is 42.1 Å². The average molecular weight is 605 g/mol. The Kier molecular flexibility index (Phi) is 7.43. The highest BCUT2D eigenvalue weighted by Crippen LogP contribution is 2.44. The van der Waals surface area contributed by atoms with Gasteiger partial charge >= 0.3 is 0 Å². The highest BCUT2D eigenvalue weighted by Gasteiger charge is 2.37. The molecule has 0 unspecified atom stereocenters. The summed E-state index contributed by atoms with van der Waals surface area (Å²) in [5.74, 6) is 1.13. The Hall–Kier alpha value is -4.85. The van der Waals surface area contributed by atoms with Crippen LogP contribution in [0.4, 0.5) is 5.69 Å². The van der Waals surface area contributed by atoms with Crippen LogP contribution in [0.25, 0.3) is 10.8 Å². The molecule has 2 amide bonds. The number of anilines is 1. The monoisotopic (exact) mass is 604 g/mol. The number of methoxy groups -OCH3 is 1. The maximum atomic E-state index is 13.6. The summed E-state index contributed by atoms with van der Waals surface area (Å²) in [6.07, 6.45) is 2.95. The normalized spacial score (nSPS) is 19.2. The zero-order valence-corrected chi connectivity index (χ0v) is 25.5. The summed E-state index contributed by atoms with van der Waals surface area (Å²) >= 11 is 0. The molecule has 8 heteroatoms. The van der Waals surface area contributed by atoms with E-state index in [1.165, 1.54) is 7.11 Å². The molecule has 2 atom stereocenters. The van der Waals surface area contributed by atoms with Crippen LogP contribution in [0.2, 0.25) is 0 Å². The van der Waals surface area contributed by atoms with Gasteiger partial charge in [0.25, 0.3) is 5.91 Å². The van der Waals surface area contributed by atoms with Crippen LogP contribution in [0.15, 0.2) is 66.7 Å². The van der Waals surface area contributed by atoms with Gasteiger partial charge in [-0.25, -0.2) is 0 Å². The Labute approximate surface area is 262 Å². The van der Waals surface area contributed by atoms with E-state index in [0.717, 1.165) is 46.0 Å². The molecule has 0 aliphatic carbocycles. The molecule has 0 radical (unpaired) electrons. The lowest BCUT2D eigenvalue weighted by atomic mass is 9.95. The molecule has 0 saturated carbocycles. The van der Waals surface area contributed by atoms with Gasteiger partial charge in [-0.15, -0.1) is 0 Å². The van der Waals surface area contributed by atoms with Gasteiger partial charge in [-0.2, -0.15) is 0 Å². The van der Waals surface area contributed by atoms with Crippen molar-refractivity contribution >= 4 is 34.1 Å². The van der Waals surface area contributed by atoms with Gasteiger partial charge < -0.3 is 24.4 Å². The van der Waals surface area contributed by atoms with Crippen LogP contribution in [0.3, 0.4) is 0 Å². The first-order chi connectivity index (χ1) is 21.8. The molecule has 3 aliphatic heterocycles. The smallest absolute Gasteiger partial charge is 0.254 e. The number of hydrogen-bond acceptors (Lipinski definition) is 6. The maximum absolute atomic E-state index is 13.6. The lowest BCUT2D eigenvalue weighted by molar-refractivity contribution is -0.123. The minimum Gasteiger partial charge on any atom is -0.507 e. The van der Waals surface area contributed by atoms with Gasteiger partial charge in [-0.3, -0.25) is 14.4 Å². The average Bonchev–Trinajstić information content (AvgIpc) is 3.34. The molecule has 4 aromatic rings. The van der Waals surface area contributed by atoms with Crippen LogP contribution >= 0.6 is 0 Å². The number of ketones is 1. The summed E-state index contributed by atoms with van der Waals surface area (Å²) in [6.45, 7) is 3.49. The Morgan fingerprint density at radius 3 is 2.58 bits per heavy atom. The highest BCUT2D eigenvalue weighted by molar-refractivity contribution is 6.05. The second-order valence-corrected chi connectivity index (χ2v) is 12.4. The number of phenolic OH excluding ortho intramolecular Hbond substituents is 1. The predicted octanol–water partition coefficient (Wildman–Crippen LogP) is 5.95. The molecule has 4 aromatic carbocycles. The van der Waals surface area contributed by atoms with Gasteiger partial charge in [-0.05, 0) is 59.0 Å². The third kappa shape index (κ3) is 5.18. The van der Waals surface area contributed by atoms with Crippen LogP contribution in [-0.2, 0) is 29.0 Å². The zero-order chi connectivity index (χ0) is 31.2. The van der Waals surface area contributed by atoms with E-state index in [9.17, 15) is 19.5 Å². The third-order valence-electron chi connectivity index (χ3n) is 9.44. The van der Waals surface area contributed by atoms with Crippen LogP contribution in [0.1, 0.15) is 64.7 Å². The van der Waals surface area contributed by atoms with E-state index in [4.69, 9.17) is 9.47 Å². The molecule has 3 heterocycles. The minimum atomic E-state index is -0.359. The van der Waals surface area contributed by atoms with E-state index in [1.54, 1.807) is 28.0 Å². The second-order valence-electron chi connectivity index (χ2n) is 12.4. The van der Waals surface area contributed by atoms with Crippen molar-refractivity contribution in [3.63, 3.8) is 0 Å². The van der Waals surface area contributed by atoms with Crippen molar-refractivity contribution in [2.24, 2.45) is 0 Å². The first kappa shape index (κ1) is 28.9. The fraction of sp³-hybridized carbons (Fsp3) is 0.324. The van der Waals surface area contributed by atoms with Gasteiger partial charge in [0, 0.05) is 42.4 Å². The number of carbonyl (C=O) groups excluding carboxylic acids is 3. The Morgan fingerprint density at radius 1 is 0.956 bits per heavy atom. The number of ether oxygens (including phenoxy) is 2. The molecule has 0 aromatic heterocycles. The topological polar surface area (TPSA) is 96.4 Å². The molecular formula is C37H36N2O6. The summed E-state index contributed by atoms with van der Waals surface area (Å²) in [6, 6.07) is 20.3. The fourth-order valence-electron chi connectivity index (χ4n) is 7.26. The zero-order valence-electron chi connectivity index (χ0n) is 25.5. The quantitative estimate of drug-likeness (QED) is 0.293. The van der Waals surface area contributed by atoms with E-state index >= 15 is 0 Å². The molecule has 8 nitrogen and oxygen atoms in total. The van der Waals surface area contributed by atoms with Crippen molar-refractivity contribution in [2.45, 2.75) is 57.6 Å². The Balaban J connectivity index is 1.08. The number of benzene rings is 4. The molecule has 1 N–H and O–H groups in total. The molecule has 230 valence electrons. The van der Waals surface area contributed by atoms with E-state index < -0.39 is 0 Å². The van der Waals surface area contributed by atoms with Crippen molar-refractivity contribution in [3.05, 3.63) is 94.5 Å². The molecular weight excluding hydrogens is 568 g/mol. The van der Waals surface area contributed by atoms with Crippen molar-refractivity contribution in [1.29, 1.82) is 0 Å². The van der Waals surface area contributed by atoms with Crippen molar-refractivity contribution < 1.29 is 29.0 Å². The first-order valence-electron chi connectivity index (χ1n) is 15.6. The number of phenols is 1. The molecule has 7 rings (SSSR count). The summed E-state index contributed by atoms with van der Waals surface area (Å²) in [5.41, 5.74) is 4.75. The number of carbonyl (C=O) groups is 3. The summed E-state index contributed by atoms with van der Waals surface area (Å²) in [7, 11) is 1.54. The fourth-order valence-corrected chi connectivity index (χ4v) is 7.26. The minimum absolute atomic E-state index is 0.0357. The van der Waals surface area contributed by atoms with E-state index in [-0.39, 0.29) is 54.8 Å². The van der Waals surface area contributed by atoms with Crippen LogP contribution in [0.5, 0.6) is 17.2 Å². The molecule has 3 aliphatic rings. The molecule has 1 saturated heterocycles. The lowest BCUT2D eigenvalue weighted by Crippen LogP contribution is -2.46. The standard InChI is InChI=1S/C37H36N2O6/c1-22-20-39(30-19-31(40)26-10-3-4-11-27(26)36(22)30)35(42)15-23-8-7-9-24(14-23)21-45-34-17-25-16-32(41)29-12-5-6-13-38(29)37(43)28(25)18-33(34)44-2/h3-4,7-11,14,17-19,22,29,40H,5-6,12-13,15-16,20-21H2,1-2H3/t22-,29+/m1/s1. The van der Waals surface area contributed by atoms with Gasteiger partial charge in [0.15, 0.2) is 17.3 Å². The van der Waals surface area contributed by atoms with Gasteiger partial charge in [0.1, 0.15) is 12.4 Å². The SMILES string of the molecule is COc1cc2c(cc1OCc1cccc(CC(=O)N3C[C@@H](C)c4c3cc(O)c3ccccc43)c1)CC(=O)[C@@H]1CCCCN1C2=O. The molecule has 45 heavy (non-hydrogen) atoms. The van der Waals surface area contributed by atoms with Crippen molar-refractivity contribution in [2.75, 3.05) is 25.1 Å². The van der Waals surface area contributed by atoms with Crippen molar-refractivity contribution in [3.8, 4) is 17.2 Å². The molecule has 0 spiro atoms. The largest absolute Gasteiger partial charge is 0.507 e. The molecule has 0 bridgehead atoms. The summed E-state index contributed by atoms with van der Waals surface area (Å²) < 4.78 is 11.8. The number of fused-ring (bicyclic) bond motifs is 5. The Morgan fingerprint density at radius 2 is 1.76 bits per heavy atom. The molecule has 1 fully saturated rings. The highest BCUT2D eigenvalue weighted by atomic mass is 16.5. The third-order valence-corrected chi connectivity index (χ3v) is 9.44. The number of amides is 2. The number of nitrogens with zero attached hydrogens (tertiary/aromatic N) is 2. The van der Waals surface area contributed by atoms with Crippen LogP contribution in [0, 0.1) is 0 Å². The van der Waals surface area contributed by atoms with Gasteiger partial charge in [0.05, 0.1) is 25.3 Å². The summed E-state index contributed by atoms with van der Waals surface area (Å²) in [5, 5.41) is 12.5. The number of aromatic hydroxyl groups is 1. The van der Waals surface area contributed by atoms with E-state index in [1.807, 2.05) is 48.5 Å². The lowest BCUT2D eigenvalue weighted by Gasteiger charge is -2.33. The number of hydrogen-bond donors (Lipinski definition) is 1. The van der Waals surface area contributed by atoms with Crippen LogP contribution in [-0.4, -0.2) is 53.8 Å². The summed E-state index contributed by atoms with van der Waals surface area (Å²) in [4.78, 5) is 43.6.